The second-order valence-corrected chi connectivity index (χ2v) is 5.42. The number of nitrogens with one attached hydrogen (secondary N) is 1. The highest BCUT2D eigenvalue weighted by molar-refractivity contribution is 7.99. The van der Waals surface area contributed by atoms with E-state index in [9.17, 15) is 13.2 Å². The lowest BCUT2D eigenvalue weighted by molar-refractivity contribution is -0.144. The maximum Gasteiger partial charge on any atom is 0.451 e. The molecule has 0 saturated heterocycles. The molecule has 1 aromatic carbocycles. The molecule has 22 heavy (non-hydrogen) atoms. The van der Waals surface area contributed by atoms with Gasteiger partial charge in [-0.3, -0.25) is 5.10 Å². The molecule has 0 radical (unpaired) electrons. The van der Waals surface area contributed by atoms with E-state index in [1.807, 2.05) is 29.4 Å². The fourth-order valence-electron chi connectivity index (χ4n) is 1.57. The molecule has 0 spiro atoms. The normalized spacial score (nSPS) is 11.6. The number of alkyl halides is 3. The number of hydrogen-bond donors (Lipinski definition) is 2. The van der Waals surface area contributed by atoms with E-state index < -0.39 is 12.0 Å². The summed E-state index contributed by atoms with van der Waals surface area (Å²) in [6, 6.07) is 7.44. The van der Waals surface area contributed by atoms with Gasteiger partial charge < -0.3 is 10.5 Å². The predicted octanol–water partition coefficient (Wildman–Crippen LogP) is 2.84. The van der Waals surface area contributed by atoms with E-state index in [0.29, 0.717) is 25.3 Å². The Balaban J connectivity index is 1.67. The van der Waals surface area contributed by atoms with E-state index in [1.165, 1.54) is 0 Å². The Morgan fingerprint density at radius 1 is 1.23 bits per heavy atom. The van der Waals surface area contributed by atoms with Crippen LogP contribution in [0.5, 0.6) is 5.75 Å². The van der Waals surface area contributed by atoms with Crippen LogP contribution in [0.3, 0.4) is 0 Å². The van der Waals surface area contributed by atoms with E-state index in [-0.39, 0.29) is 5.16 Å². The van der Waals surface area contributed by atoms with E-state index in [2.05, 4.69) is 10.1 Å². The zero-order chi connectivity index (χ0) is 16.0. The third-order valence-electron chi connectivity index (χ3n) is 2.68. The number of benzene rings is 1. The monoisotopic (exact) mass is 332 g/mol. The number of hydrogen-bond acceptors (Lipinski definition) is 5. The number of thioether (sulfide) groups is 1. The van der Waals surface area contributed by atoms with Gasteiger partial charge in [0.1, 0.15) is 5.75 Å². The Morgan fingerprint density at radius 2 is 1.95 bits per heavy atom. The molecule has 0 saturated carbocycles. The number of rotatable bonds is 7. The van der Waals surface area contributed by atoms with Crippen molar-refractivity contribution in [1.82, 2.24) is 15.2 Å². The van der Waals surface area contributed by atoms with Crippen LogP contribution in [0.1, 0.15) is 17.8 Å². The van der Waals surface area contributed by atoms with Gasteiger partial charge in [0.15, 0.2) is 0 Å². The summed E-state index contributed by atoms with van der Waals surface area (Å²) < 4.78 is 42.5. The summed E-state index contributed by atoms with van der Waals surface area (Å²) in [5.41, 5.74) is 6.52. The summed E-state index contributed by atoms with van der Waals surface area (Å²) in [6.45, 7) is 0.943. The molecule has 0 aliphatic carbocycles. The Hall–Kier alpha value is -1.74. The molecular formula is C13H15F3N4OS. The van der Waals surface area contributed by atoms with Crippen molar-refractivity contribution >= 4 is 11.8 Å². The molecule has 5 nitrogen and oxygen atoms in total. The third-order valence-corrected chi connectivity index (χ3v) is 3.61. The van der Waals surface area contributed by atoms with Crippen LogP contribution in [0.4, 0.5) is 13.2 Å². The van der Waals surface area contributed by atoms with Gasteiger partial charge in [-0.15, -0.1) is 5.10 Å². The van der Waals surface area contributed by atoms with Gasteiger partial charge >= 0.3 is 6.18 Å². The van der Waals surface area contributed by atoms with Crippen molar-refractivity contribution < 1.29 is 17.9 Å². The van der Waals surface area contributed by atoms with Crippen molar-refractivity contribution in [2.75, 3.05) is 12.4 Å². The fraction of sp³-hybridized carbons (Fsp3) is 0.385. The molecule has 0 unspecified atom stereocenters. The molecule has 0 atom stereocenters. The Labute approximate surface area is 129 Å². The second kappa shape index (κ2) is 7.50. The molecule has 1 heterocycles. The highest BCUT2D eigenvalue weighted by Crippen LogP contribution is 2.27. The Bertz CT molecular complexity index is 586. The maximum atomic E-state index is 12.3. The number of aromatic amines is 1. The largest absolute Gasteiger partial charge is 0.494 e. The summed E-state index contributed by atoms with van der Waals surface area (Å²) in [5.74, 6) is 0.224. The van der Waals surface area contributed by atoms with Crippen LogP contribution in [-0.4, -0.2) is 27.5 Å². The molecule has 120 valence electrons. The molecule has 0 bridgehead atoms. The van der Waals surface area contributed by atoms with Crippen LogP contribution in [0.2, 0.25) is 0 Å². The minimum atomic E-state index is -4.50. The molecule has 2 aromatic rings. The molecule has 2 rings (SSSR count). The zero-order valence-electron chi connectivity index (χ0n) is 11.6. The van der Waals surface area contributed by atoms with Gasteiger partial charge in [0.2, 0.25) is 11.0 Å². The first-order valence-electron chi connectivity index (χ1n) is 6.53. The summed E-state index contributed by atoms with van der Waals surface area (Å²) >= 11 is 1.15. The minimum absolute atomic E-state index is 0.0830. The lowest BCUT2D eigenvalue weighted by Gasteiger charge is -2.06. The quantitative estimate of drug-likeness (QED) is 0.602. The van der Waals surface area contributed by atoms with Crippen LogP contribution >= 0.6 is 11.8 Å². The molecule has 0 aliphatic heterocycles. The van der Waals surface area contributed by atoms with Gasteiger partial charge in [0.05, 0.1) is 6.61 Å². The van der Waals surface area contributed by atoms with E-state index in [1.54, 1.807) is 0 Å². The van der Waals surface area contributed by atoms with Crippen LogP contribution in [-0.2, 0) is 12.7 Å². The van der Waals surface area contributed by atoms with Gasteiger partial charge in [-0.1, -0.05) is 23.9 Å². The van der Waals surface area contributed by atoms with E-state index >= 15 is 0 Å². The average molecular weight is 332 g/mol. The minimum Gasteiger partial charge on any atom is -0.494 e. The number of ether oxygens (including phenoxy) is 1. The van der Waals surface area contributed by atoms with Crippen LogP contribution < -0.4 is 10.5 Å². The number of nitrogens with two attached hydrogens (primary N) is 1. The predicted molar refractivity (Wildman–Crippen MR) is 76.6 cm³/mol. The number of aromatic nitrogens is 3. The van der Waals surface area contributed by atoms with Crippen molar-refractivity contribution in [3.05, 3.63) is 35.7 Å². The highest BCUT2D eigenvalue weighted by Gasteiger charge is 2.35. The Kier molecular flexibility index (Phi) is 5.67. The number of halogens is 3. The van der Waals surface area contributed by atoms with Crippen LogP contribution in [0.15, 0.2) is 29.4 Å². The van der Waals surface area contributed by atoms with Crippen LogP contribution in [0, 0.1) is 0 Å². The smallest absolute Gasteiger partial charge is 0.451 e. The molecule has 3 N–H and O–H groups in total. The summed E-state index contributed by atoms with van der Waals surface area (Å²) in [6.07, 6.45) is -3.83. The van der Waals surface area contributed by atoms with Gasteiger partial charge in [-0.25, -0.2) is 0 Å². The average Bonchev–Trinajstić information content (AvgIpc) is 2.96. The van der Waals surface area contributed by atoms with Crippen molar-refractivity contribution in [1.29, 1.82) is 0 Å². The molecular weight excluding hydrogens is 317 g/mol. The lowest BCUT2D eigenvalue weighted by Crippen LogP contribution is -2.07. The molecule has 1 aromatic heterocycles. The molecule has 0 aliphatic rings. The highest BCUT2D eigenvalue weighted by atomic mass is 32.2. The standard InChI is InChI=1S/C13H15F3N4OS/c14-13(15,16)11-18-12(20-19-11)22-7-1-6-21-10-4-2-9(8-17)3-5-10/h2-5H,1,6-8,17H2,(H,18,19,20). The zero-order valence-corrected chi connectivity index (χ0v) is 12.4. The van der Waals surface area contributed by atoms with Crippen molar-refractivity contribution in [3.8, 4) is 5.75 Å². The first-order chi connectivity index (χ1) is 10.5. The third kappa shape index (κ3) is 4.92. The van der Waals surface area contributed by atoms with Gasteiger partial charge in [-0.2, -0.15) is 18.2 Å². The number of nitrogens with zero attached hydrogens (tertiary/aromatic N) is 2. The SMILES string of the molecule is NCc1ccc(OCCCSc2n[nH]c(C(F)(F)F)n2)cc1. The molecule has 0 amide bonds. The van der Waals surface area contributed by atoms with E-state index in [0.717, 1.165) is 23.1 Å². The van der Waals surface area contributed by atoms with Crippen molar-refractivity contribution in [3.63, 3.8) is 0 Å². The first kappa shape index (κ1) is 16.6. The van der Waals surface area contributed by atoms with E-state index in [4.69, 9.17) is 10.5 Å². The summed E-state index contributed by atoms with van der Waals surface area (Å²) in [4.78, 5) is 3.38. The summed E-state index contributed by atoms with van der Waals surface area (Å²) in [5, 5.41) is 5.47. The van der Waals surface area contributed by atoms with Crippen molar-refractivity contribution in [2.45, 2.75) is 24.3 Å². The second-order valence-electron chi connectivity index (χ2n) is 4.36. The van der Waals surface area contributed by atoms with Gasteiger partial charge in [0, 0.05) is 12.3 Å². The van der Waals surface area contributed by atoms with Crippen molar-refractivity contribution in [2.24, 2.45) is 5.73 Å². The maximum absolute atomic E-state index is 12.3. The van der Waals surface area contributed by atoms with Gasteiger partial charge in [0.25, 0.3) is 0 Å². The lowest BCUT2D eigenvalue weighted by atomic mass is 10.2. The molecule has 0 fully saturated rings. The van der Waals surface area contributed by atoms with Crippen LogP contribution in [0.25, 0.3) is 0 Å². The number of H-pyrrole nitrogens is 1. The fourth-order valence-corrected chi connectivity index (χ4v) is 2.28. The molecule has 9 heteroatoms. The van der Waals surface area contributed by atoms with Gasteiger partial charge in [-0.05, 0) is 24.1 Å². The Morgan fingerprint density at radius 3 is 2.55 bits per heavy atom. The summed E-state index contributed by atoms with van der Waals surface area (Å²) in [7, 11) is 0. The topological polar surface area (TPSA) is 76.8 Å². The first-order valence-corrected chi connectivity index (χ1v) is 7.52.